The molecule has 1 heterocycles. The van der Waals surface area contributed by atoms with E-state index in [1.165, 1.54) is 32.1 Å². The number of thioether (sulfide) groups is 1. The van der Waals surface area contributed by atoms with Crippen molar-refractivity contribution in [2.24, 2.45) is 13.0 Å². The van der Waals surface area contributed by atoms with E-state index in [1.54, 1.807) is 6.20 Å². The van der Waals surface area contributed by atoms with E-state index in [-0.39, 0.29) is 6.61 Å². The van der Waals surface area contributed by atoms with Crippen LogP contribution in [-0.4, -0.2) is 19.9 Å². The molecule has 0 bridgehead atoms. The van der Waals surface area contributed by atoms with Gasteiger partial charge in [-0.05, 0) is 18.8 Å². The van der Waals surface area contributed by atoms with Crippen LogP contribution < -0.4 is 0 Å². The van der Waals surface area contributed by atoms with Gasteiger partial charge in [0.25, 0.3) is 0 Å². The maximum atomic E-state index is 9.17. The number of hydrogen-bond acceptors (Lipinski definition) is 3. The molecule has 1 aliphatic rings. The standard InChI is InChI=1S/C13H22N2OS/c1-3-10-6-4-5-7-12(10)17-13-14-8-11(9-16)15(13)2/h8,10,12,16H,3-7,9H2,1-2H3. The molecule has 1 N–H and O–H groups in total. The quantitative estimate of drug-likeness (QED) is 0.897. The lowest BCUT2D eigenvalue weighted by molar-refractivity contribution is 0.271. The van der Waals surface area contributed by atoms with Gasteiger partial charge in [0.2, 0.25) is 0 Å². The van der Waals surface area contributed by atoms with E-state index in [0.717, 1.165) is 16.8 Å². The zero-order valence-electron chi connectivity index (χ0n) is 10.7. The summed E-state index contributed by atoms with van der Waals surface area (Å²) in [5.74, 6) is 0.836. The molecule has 96 valence electrons. The molecule has 2 atom stereocenters. The highest BCUT2D eigenvalue weighted by Gasteiger charge is 2.25. The van der Waals surface area contributed by atoms with Crippen LogP contribution in [0.4, 0.5) is 0 Å². The second kappa shape index (κ2) is 5.91. The molecular weight excluding hydrogens is 232 g/mol. The molecule has 2 unspecified atom stereocenters. The monoisotopic (exact) mass is 254 g/mol. The third kappa shape index (κ3) is 2.86. The van der Waals surface area contributed by atoms with Gasteiger partial charge in [-0.25, -0.2) is 4.98 Å². The Balaban J connectivity index is 2.05. The van der Waals surface area contributed by atoms with Crippen LogP contribution in [0.3, 0.4) is 0 Å². The Hall–Kier alpha value is -0.480. The highest BCUT2D eigenvalue weighted by atomic mass is 32.2. The number of hydrogen-bond donors (Lipinski definition) is 1. The largest absolute Gasteiger partial charge is 0.390 e. The fourth-order valence-corrected chi connectivity index (χ4v) is 4.08. The van der Waals surface area contributed by atoms with Crippen molar-refractivity contribution < 1.29 is 5.11 Å². The number of imidazole rings is 1. The van der Waals surface area contributed by atoms with Crippen molar-refractivity contribution >= 4 is 11.8 Å². The second-order valence-electron chi connectivity index (χ2n) is 4.86. The summed E-state index contributed by atoms with van der Waals surface area (Å²) in [6.45, 7) is 2.37. The van der Waals surface area contributed by atoms with E-state index in [0.29, 0.717) is 5.25 Å². The third-order valence-electron chi connectivity index (χ3n) is 3.82. The molecule has 1 saturated carbocycles. The van der Waals surface area contributed by atoms with Crippen LogP contribution >= 0.6 is 11.8 Å². The lowest BCUT2D eigenvalue weighted by Crippen LogP contribution is -2.21. The Kier molecular flexibility index (Phi) is 4.51. The molecule has 0 amide bonds. The van der Waals surface area contributed by atoms with Gasteiger partial charge in [-0.2, -0.15) is 0 Å². The molecule has 0 saturated heterocycles. The van der Waals surface area contributed by atoms with Crippen LogP contribution in [-0.2, 0) is 13.7 Å². The molecule has 1 aromatic heterocycles. The van der Waals surface area contributed by atoms with Gasteiger partial charge in [-0.15, -0.1) is 0 Å². The molecule has 4 heteroatoms. The van der Waals surface area contributed by atoms with Crippen LogP contribution in [0.25, 0.3) is 0 Å². The van der Waals surface area contributed by atoms with Gasteiger partial charge in [0.05, 0.1) is 18.5 Å². The maximum Gasteiger partial charge on any atom is 0.168 e. The highest BCUT2D eigenvalue weighted by Crippen LogP contribution is 2.38. The van der Waals surface area contributed by atoms with Gasteiger partial charge in [0.15, 0.2) is 5.16 Å². The predicted octanol–water partition coefficient (Wildman–Crippen LogP) is 2.97. The minimum atomic E-state index is 0.0753. The smallest absolute Gasteiger partial charge is 0.168 e. The van der Waals surface area contributed by atoms with E-state index in [1.807, 2.05) is 23.4 Å². The maximum absolute atomic E-state index is 9.17. The molecule has 17 heavy (non-hydrogen) atoms. The molecule has 0 spiro atoms. The summed E-state index contributed by atoms with van der Waals surface area (Å²) < 4.78 is 2.02. The summed E-state index contributed by atoms with van der Waals surface area (Å²) in [5, 5.41) is 10.9. The molecule has 0 radical (unpaired) electrons. The molecule has 0 aromatic carbocycles. The molecule has 3 nitrogen and oxygen atoms in total. The van der Waals surface area contributed by atoms with Crippen molar-refractivity contribution in [3.8, 4) is 0 Å². The average Bonchev–Trinajstić information content (AvgIpc) is 2.71. The van der Waals surface area contributed by atoms with Gasteiger partial charge in [-0.3, -0.25) is 0 Å². The van der Waals surface area contributed by atoms with E-state index in [4.69, 9.17) is 5.11 Å². The van der Waals surface area contributed by atoms with Gasteiger partial charge in [0, 0.05) is 12.3 Å². The van der Waals surface area contributed by atoms with Gasteiger partial charge < -0.3 is 9.67 Å². The summed E-state index contributed by atoms with van der Waals surface area (Å²) in [6, 6.07) is 0. The number of aliphatic hydroxyl groups is 1. The normalized spacial score (nSPS) is 25.1. The third-order valence-corrected chi connectivity index (χ3v) is 5.34. The van der Waals surface area contributed by atoms with Crippen molar-refractivity contribution in [1.29, 1.82) is 0 Å². The van der Waals surface area contributed by atoms with Crippen LogP contribution in [0.15, 0.2) is 11.4 Å². The van der Waals surface area contributed by atoms with Gasteiger partial charge in [0.1, 0.15) is 0 Å². The Morgan fingerprint density at radius 3 is 2.88 bits per heavy atom. The first kappa shape index (κ1) is 13.0. The van der Waals surface area contributed by atoms with Crippen molar-refractivity contribution in [2.45, 2.75) is 56.0 Å². The predicted molar refractivity (Wildman–Crippen MR) is 71.0 cm³/mol. The summed E-state index contributed by atoms with van der Waals surface area (Å²) in [6.07, 6.45) is 8.47. The Bertz CT molecular complexity index is 364. The van der Waals surface area contributed by atoms with E-state index < -0.39 is 0 Å². The van der Waals surface area contributed by atoms with Crippen molar-refractivity contribution in [1.82, 2.24) is 9.55 Å². The Morgan fingerprint density at radius 1 is 1.47 bits per heavy atom. The average molecular weight is 254 g/mol. The molecular formula is C13H22N2OS. The Morgan fingerprint density at radius 2 is 2.24 bits per heavy atom. The molecule has 2 rings (SSSR count). The van der Waals surface area contributed by atoms with E-state index in [2.05, 4.69) is 11.9 Å². The SMILES string of the molecule is CCC1CCCCC1Sc1ncc(CO)n1C. The second-order valence-corrected chi connectivity index (χ2v) is 6.06. The molecule has 1 aliphatic carbocycles. The highest BCUT2D eigenvalue weighted by molar-refractivity contribution is 7.99. The van der Waals surface area contributed by atoms with Crippen LogP contribution in [0.1, 0.15) is 44.7 Å². The first-order valence-corrected chi connectivity index (χ1v) is 7.42. The number of aliphatic hydroxyl groups excluding tert-OH is 1. The summed E-state index contributed by atoms with van der Waals surface area (Å²) in [5.41, 5.74) is 0.899. The minimum absolute atomic E-state index is 0.0753. The molecule has 0 aliphatic heterocycles. The topological polar surface area (TPSA) is 38.1 Å². The Labute approximate surface area is 108 Å². The fraction of sp³-hybridized carbons (Fsp3) is 0.769. The van der Waals surface area contributed by atoms with Crippen molar-refractivity contribution in [3.05, 3.63) is 11.9 Å². The molecule has 1 aromatic rings. The number of nitrogens with zero attached hydrogens (tertiary/aromatic N) is 2. The van der Waals surface area contributed by atoms with Crippen molar-refractivity contribution in [3.63, 3.8) is 0 Å². The van der Waals surface area contributed by atoms with Crippen molar-refractivity contribution in [2.75, 3.05) is 0 Å². The fourth-order valence-electron chi connectivity index (χ4n) is 2.61. The lowest BCUT2D eigenvalue weighted by atomic mass is 9.87. The van der Waals surface area contributed by atoms with Crippen LogP contribution in [0.5, 0.6) is 0 Å². The lowest BCUT2D eigenvalue weighted by Gasteiger charge is -2.29. The van der Waals surface area contributed by atoms with E-state index in [9.17, 15) is 0 Å². The number of rotatable bonds is 4. The van der Waals surface area contributed by atoms with Gasteiger partial charge in [-0.1, -0.05) is 37.9 Å². The first-order valence-electron chi connectivity index (χ1n) is 6.54. The number of aromatic nitrogens is 2. The zero-order valence-corrected chi connectivity index (χ0v) is 11.5. The van der Waals surface area contributed by atoms with Gasteiger partial charge >= 0.3 is 0 Å². The summed E-state index contributed by atoms with van der Waals surface area (Å²) >= 11 is 1.90. The molecule has 1 fully saturated rings. The summed E-state index contributed by atoms with van der Waals surface area (Å²) in [4.78, 5) is 4.42. The summed E-state index contributed by atoms with van der Waals surface area (Å²) in [7, 11) is 1.99. The first-order chi connectivity index (χ1) is 8.26. The van der Waals surface area contributed by atoms with E-state index >= 15 is 0 Å². The zero-order chi connectivity index (χ0) is 12.3. The minimum Gasteiger partial charge on any atom is -0.390 e. The van der Waals surface area contributed by atoms with Crippen LogP contribution in [0, 0.1) is 5.92 Å². The van der Waals surface area contributed by atoms with Crippen LogP contribution in [0.2, 0.25) is 0 Å².